The van der Waals surface area contributed by atoms with Crippen LogP contribution in [0.1, 0.15) is 26.3 Å². The quantitative estimate of drug-likeness (QED) is 0.655. The number of aromatic nitrogens is 1. The predicted octanol–water partition coefficient (Wildman–Crippen LogP) is 5.09. The van der Waals surface area contributed by atoms with Crippen molar-refractivity contribution in [1.29, 1.82) is 5.26 Å². The molecule has 5 heteroatoms. The van der Waals surface area contributed by atoms with E-state index in [-0.39, 0.29) is 0 Å². The molecule has 0 atom stereocenters. The smallest absolute Gasteiger partial charge is 0.418 e. The van der Waals surface area contributed by atoms with Crippen molar-refractivity contribution in [3.63, 3.8) is 0 Å². The van der Waals surface area contributed by atoms with Gasteiger partial charge in [-0.3, -0.25) is 4.57 Å². The molecule has 1 heterocycles. The molecule has 0 unspecified atom stereocenters. The number of hydrogen-bond acceptors (Lipinski definition) is 4. The number of carbonyl (C=O) groups excluding carboxylic acids is 1. The van der Waals surface area contributed by atoms with Gasteiger partial charge in [0.1, 0.15) is 28.7 Å². The molecule has 0 radical (unpaired) electrons. The first-order chi connectivity index (χ1) is 11.9. The van der Waals surface area contributed by atoms with Gasteiger partial charge in [0.2, 0.25) is 0 Å². The van der Waals surface area contributed by atoms with E-state index in [2.05, 4.69) is 6.07 Å². The predicted molar refractivity (Wildman–Crippen MR) is 94.8 cm³/mol. The van der Waals surface area contributed by atoms with Crippen molar-refractivity contribution < 1.29 is 14.3 Å². The van der Waals surface area contributed by atoms with Crippen LogP contribution in [0, 0.1) is 11.3 Å². The molecule has 0 bridgehead atoms. The second kappa shape index (κ2) is 6.33. The largest absolute Gasteiger partial charge is 0.454 e. The van der Waals surface area contributed by atoms with E-state index in [0.717, 1.165) is 10.8 Å². The summed E-state index contributed by atoms with van der Waals surface area (Å²) in [6, 6.07) is 15.1. The molecule has 0 N–H and O–H groups in total. The Morgan fingerprint density at radius 1 is 1.12 bits per heavy atom. The standard InChI is InChI=1S/C20H18N2O3/c1-20(2,3)25-19(23)22-11-10-15(13-22)24-18-9-8-14-6-4-5-7-16(14)17(18)12-21/h4-11,13H,1-3H3. The zero-order valence-corrected chi connectivity index (χ0v) is 14.3. The van der Waals surface area contributed by atoms with E-state index in [1.165, 1.54) is 10.8 Å². The number of rotatable bonds is 2. The molecule has 2 aromatic carbocycles. The number of fused-ring (bicyclic) bond motifs is 1. The minimum Gasteiger partial charge on any atom is -0.454 e. The Bertz CT molecular complexity index is 975. The van der Waals surface area contributed by atoms with E-state index in [1.54, 1.807) is 39.1 Å². The van der Waals surface area contributed by atoms with Gasteiger partial charge in [0, 0.05) is 11.6 Å². The lowest BCUT2D eigenvalue weighted by atomic mass is 10.0. The van der Waals surface area contributed by atoms with Crippen LogP contribution < -0.4 is 4.74 Å². The highest BCUT2D eigenvalue weighted by Crippen LogP contribution is 2.31. The van der Waals surface area contributed by atoms with Crippen LogP contribution in [0.4, 0.5) is 4.79 Å². The van der Waals surface area contributed by atoms with Gasteiger partial charge in [0.15, 0.2) is 0 Å². The van der Waals surface area contributed by atoms with Crippen LogP contribution in [-0.4, -0.2) is 16.3 Å². The molecule has 0 saturated heterocycles. The van der Waals surface area contributed by atoms with E-state index < -0.39 is 11.7 Å². The average molecular weight is 334 g/mol. The lowest BCUT2D eigenvalue weighted by Gasteiger charge is -2.19. The average Bonchev–Trinajstić information content (AvgIpc) is 3.02. The van der Waals surface area contributed by atoms with Gasteiger partial charge >= 0.3 is 6.09 Å². The first kappa shape index (κ1) is 16.6. The fraction of sp³-hybridized carbons (Fsp3) is 0.200. The molecular weight excluding hydrogens is 316 g/mol. The molecule has 3 rings (SSSR count). The third kappa shape index (κ3) is 3.64. The first-order valence-electron chi connectivity index (χ1n) is 7.88. The highest BCUT2D eigenvalue weighted by atomic mass is 16.6. The van der Waals surface area contributed by atoms with E-state index in [9.17, 15) is 10.1 Å². The summed E-state index contributed by atoms with van der Waals surface area (Å²) in [6.45, 7) is 5.42. The molecule has 0 aliphatic rings. The van der Waals surface area contributed by atoms with Gasteiger partial charge in [0.05, 0.1) is 6.20 Å². The van der Waals surface area contributed by atoms with Crippen LogP contribution in [0.5, 0.6) is 11.5 Å². The van der Waals surface area contributed by atoms with Crippen molar-refractivity contribution in [2.24, 2.45) is 0 Å². The van der Waals surface area contributed by atoms with E-state index >= 15 is 0 Å². The number of nitrogens with zero attached hydrogens (tertiary/aromatic N) is 2. The van der Waals surface area contributed by atoms with Gasteiger partial charge in [-0.15, -0.1) is 0 Å². The SMILES string of the molecule is CC(C)(C)OC(=O)n1ccc(Oc2ccc3ccccc3c2C#N)c1. The molecule has 0 fully saturated rings. The van der Waals surface area contributed by atoms with Crippen molar-refractivity contribution in [3.8, 4) is 17.6 Å². The topological polar surface area (TPSA) is 64.2 Å². The Hall–Kier alpha value is -3.26. The molecule has 5 nitrogen and oxygen atoms in total. The minimum atomic E-state index is -0.575. The molecule has 3 aromatic rings. The Morgan fingerprint density at radius 2 is 1.88 bits per heavy atom. The summed E-state index contributed by atoms with van der Waals surface area (Å²) >= 11 is 0. The molecule has 25 heavy (non-hydrogen) atoms. The fourth-order valence-corrected chi connectivity index (χ4v) is 2.44. The lowest BCUT2D eigenvalue weighted by molar-refractivity contribution is 0.0537. The normalized spacial score (nSPS) is 11.1. The summed E-state index contributed by atoms with van der Waals surface area (Å²) in [7, 11) is 0. The van der Waals surface area contributed by atoms with E-state index in [0.29, 0.717) is 17.1 Å². The third-order valence-corrected chi connectivity index (χ3v) is 3.50. The van der Waals surface area contributed by atoms with Crippen LogP contribution in [0.3, 0.4) is 0 Å². The molecule has 0 spiro atoms. The van der Waals surface area contributed by atoms with Crippen molar-refractivity contribution in [1.82, 2.24) is 4.57 Å². The molecule has 0 amide bonds. The zero-order chi connectivity index (χ0) is 18.0. The second-order valence-corrected chi connectivity index (χ2v) is 6.61. The van der Waals surface area contributed by atoms with Crippen LogP contribution in [0.15, 0.2) is 54.9 Å². The number of ether oxygens (including phenoxy) is 2. The molecule has 0 aliphatic heterocycles. The Kier molecular flexibility index (Phi) is 4.20. The van der Waals surface area contributed by atoms with Gasteiger partial charge < -0.3 is 9.47 Å². The number of nitriles is 1. The fourth-order valence-electron chi connectivity index (χ4n) is 2.44. The number of benzene rings is 2. The zero-order valence-electron chi connectivity index (χ0n) is 14.3. The van der Waals surface area contributed by atoms with Crippen LogP contribution >= 0.6 is 0 Å². The van der Waals surface area contributed by atoms with Crippen molar-refractivity contribution in [2.45, 2.75) is 26.4 Å². The highest BCUT2D eigenvalue weighted by Gasteiger charge is 2.18. The summed E-state index contributed by atoms with van der Waals surface area (Å²) < 4.78 is 12.4. The van der Waals surface area contributed by atoms with E-state index in [4.69, 9.17) is 9.47 Å². The summed E-state index contributed by atoms with van der Waals surface area (Å²) in [5.74, 6) is 0.903. The number of hydrogen-bond donors (Lipinski definition) is 0. The molecule has 0 saturated carbocycles. The van der Waals surface area contributed by atoms with Crippen molar-refractivity contribution in [3.05, 3.63) is 60.4 Å². The molecule has 0 aliphatic carbocycles. The maximum Gasteiger partial charge on any atom is 0.418 e. The maximum atomic E-state index is 12.1. The molecule has 1 aromatic heterocycles. The minimum absolute atomic E-state index is 0.447. The van der Waals surface area contributed by atoms with Crippen molar-refractivity contribution in [2.75, 3.05) is 0 Å². The molecule has 126 valence electrons. The van der Waals surface area contributed by atoms with Crippen molar-refractivity contribution >= 4 is 16.9 Å². The van der Waals surface area contributed by atoms with Gasteiger partial charge in [-0.25, -0.2) is 4.79 Å². The monoisotopic (exact) mass is 334 g/mol. The van der Waals surface area contributed by atoms with Gasteiger partial charge in [-0.2, -0.15) is 5.26 Å². The Morgan fingerprint density at radius 3 is 2.60 bits per heavy atom. The first-order valence-corrected chi connectivity index (χ1v) is 7.88. The van der Waals surface area contributed by atoms with Crippen LogP contribution in [0.25, 0.3) is 10.8 Å². The lowest BCUT2D eigenvalue weighted by Crippen LogP contribution is -2.26. The van der Waals surface area contributed by atoms with Crippen LogP contribution in [0.2, 0.25) is 0 Å². The van der Waals surface area contributed by atoms with Gasteiger partial charge in [0.25, 0.3) is 0 Å². The second-order valence-electron chi connectivity index (χ2n) is 6.61. The van der Waals surface area contributed by atoms with Gasteiger partial charge in [-0.1, -0.05) is 30.3 Å². The summed E-state index contributed by atoms with van der Waals surface area (Å²) in [4.78, 5) is 12.1. The summed E-state index contributed by atoms with van der Waals surface area (Å²) in [6.07, 6.45) is 2.61. The summed E-state index contributed by atoms with van der Waals surface area (Å²) in [5, 5.41) is 11.3. The Balaban J connectivity index is 1.88. The highest BCUT2D eigenvalue weighted by molar-refractivity contribution is 5.90. The third-order valence-electron chi connectivity index (χ3n) is 3.50. The van der Waals surface area contributed by atoms with Gasteiger partial charge in [-0.05, 0) is 38.3 Å². The summed E-state index contributed by atoms with van der Waals surface area (Å²) in [5.41, 5.74) is -0.113. The van der Waals surface area contributed by atoms with Crippen LogP contribution in [-0.2, 0) is 4.74 Å². The van der Waals surface area contributed by atoms with E-state index in [1.807, 2.05) is 30.3 Å². The Labute approximate surface area is 146 Å². The number of carbonyl (C=O) groups is 1. The molecular formula is C20H18N2O3. The maximum absolute atomic E-state index is 12.1.